The first kappa shape index (κ1) is 9.96. The van der Waals surface area contributed by atoms with Gasteiger partial charge in [0.2, 0.25) is 0 Å². The van der Waals surface area contributed by atoms with E-state index in [2.05, 4.69) is 0 Å². The molecule has 1 aliphatic carbocycles. The second kappa shape index (κ2) is 4.21. The van der Waals surface area contributed by atoms with Crippen LogP contribution in [0.3, 0.4) is 0 Å². The summed E-state index contributed by atoms with van der Waals surface area (Å²) in [6.07, 6.45) is 3.39. The molecule has 0 saturated heterocycles. The normalized spacial score (nSPS) is 23.2. The van der Waals surface area contributed by atoms with Crippen molar-refractivity contribution in [2.45, 2.75) is 37.8 Å². The number of hydrogen-bond acceptors (Lipinski definition) is 3. The van der Waals surface area contributed by atoms with E-state index in [0.29, 0.717) is 6.61 Å². The third-order valence-electron chi connectivity index (χ3n) is 2.78. The molecule has 0 aromatic heterocycles. The molecule has 1 rings (SSSR count). The van der Waals surface area contributed by atoms with E-state index in [1.165, 1.54) is 6.42 Å². The smallest absolute Gasteiger partial charge is 0.0851 e. The minimum atomic E-state index is -0.0742. The third kappa shape index (κ3) is 1.79. The van der Waals surface area contributed by atoms with Gasteiger partial charge < -0.3 is 15.2 Å². The first-order valence-electron chi connectivity index (χ1n) is 4.63. The zero-order chi connectivity index (χ0) is 9.03. The van der Waals surface area contributed by atoms with Gasteiger partial charge in [0.05, 0.1) is 18.2 Å². The van der Waals surface area contributed by atoms with Gasteiger partial charge in [-0.2, -0.15) is 0 Å². The molecule has 2 N–H and O–H groups in total. The summed E-state index contributed by atoms with van der Waals surface area (Å²) in [5.74, 6) is 0. The van der Waals surface area contributed by atoms with Gasteiger partial charge in [0.25, 0.3) is 0 Å². The molecule has 72 valence electrons. The molecule has 0 radical (unpaired) electrons. The zero-order valence-electron chi connectivity index (χ0n) is 8.01. The lowest BCUT2D eigenvalue weighted by atomic mass is 9.75. The van der Waals surface area contributed by atoms with Crippen LogP contribution in [0.15, 0.2) is 0 Å². The molecule has 1 unspecified atom stereocenters. The van der Waals surface area contributed by atoms with Crippen LogP contribution in [0.1, 0.15) is 26.2 Å². The van der Waals surface area contributed by atoms with Crippen molar-refractivity contribution in [1.29, 1.82) is 0 Å². The van der Waals surface area contributed by atoms with E-state index in [1.54, 1.807) is 7.11 Å². The summed E-state index contributed by atoms with van der Waals surface area (Å²) in [6, 6.07) is 0.0381. The first-order chi connectivity index (χ1) is 5.75. The molecular formula is C9H19NO2. The lowest BCUT2D eigenvalue weighted by molar-refractivity contribution is -0.104. The SMILES string of the molecule is CCOCC(N)C1(OC)CCC1. The Labute approximate surface area is 74.2 Å². The van der Waals surface area contributed by atoms with Crippen molar-refractivity contribution in [2.24, 2.45) is 5.73 Å². The lowest BCUT2D eigenvalue weighted by Crippen LogP contribution is -2.56. The molecule has 1 saturated carbocycles. The van der Waals surface area contributed by atoms with Crippen LogP contribution < -0.4 is 5.73 Å². The molecule has 0 spiro atoms. The molecular weight excluding hydrogens is 154 g/mol. The highest BCUT2D eigenvalue weighted by atomic mass is 16.5. The number of rotatable bonds is 5. The molecule has 3 heteroatoms. The number of ether oxygens (including phenoxy) is 2. The van der Waals surface area contributed by atoms with Gasteiger partial charge in [-0.1, -0.05) is 0 Å². The topological polar surface area (TPSA) is 44.5 Å². The fourth-order valence-electron chi connectivity index (χ4n) is 1.65. The van der Waals surface area contributed by atoms with Gasteiger partial charge in [0.1, 0.15) is 0 Å². The summed E-state index contributed by atoms with van der Waals surface area (Å²) in [6.45, 7) is 3.32. The quantitative estimate of drug-likeness (QED) is 0.672. The molecule has 12 heavy (non-hydrogen) atoms. The fourth-order valence-corrected chi connectivity index (χ4v) is 1.65. The Bertz CT molecular complexity index is 129. The van der Waals surface area contributed by atoms with E-state index in [4.69, 9.17) is 15.2 Å². The van der Waals surface area contributed by atoms with E-state index in [1.807, 2.05) is 6.92 Å². The van der Waals surface area contributed by atoms with Gasteiger partial charge in [0, 0.05) is 13.7 Å². The fraction of sp³-hybridized carbons (Fsp3) is 1.00. The van der Waals surface area contributed by atoms with Gasteiger partial charge in [0.15, 0.2) is 0 Å². The number of methoxy groups -OCH3 is 1. The molecule has 3 nitrogen and oxygen atoms in total. The second-order valence-corrected chi connectivity index (χ2v) is 3.39. The van der Waals surface area contributed by atoms with Gasteiger partial charge >= 0.3 is 0 Å². The zero-order valence-corrected chi connectivity index (χ0v) is 8.01. The van der Waals surface area contributed by atoms with Crippen LogP contribution in [0.2, 0.25) is 0 Å². The summed E-state index contributed by atoms with van der Waals surface area (Å²) in [5.41, 5.74) is 5.89. The van der Waals surface area contributed by atoms with Crippen LogP contribution in [0.4, 0.5) is 0 Å². The van der Waals surface area contributed by atoms with E-state index in [-0.39, 0.29) is 11.6 Å². The highest BCUT2D eigenvalue weighted by molar-refractivity contribution is 4.97. The van der Waals surface area contributed by atoms with Crippen molar-refractivity contribution in [3.8, 4) is 0 Å². The molecule has 1 fully saturated rings. The molecule has 1 aliphatic rings. The Kier molecular flexibility index (Phi) is 3.50. The molecule has 0 heterocycles. The van der Waals surface area contributed by atoms with Crippen molar-refractivity contribution in [1.82, 2.24) is 0 Å². The standard InChI is InChI=1S/C9H19NO2/c1-3-12-7-8(10)9(11-2)5-4-6-9/h8H,3-7,10H2,1-2H3. The van der Waals surface area contributed by atoms with Gasteiger partial charge in [-0.25, -0.2) is 0 Å². The van der Waals surface area contributed by atoms with Crippen LogP contribution in [0.5, 0.6) is 0 Å². The maximum atomic E-state index is 5.96. The highest BCUT2D eigenvalue weighted by Crippen LogP contribution is 2.37. The predicted octanol–water partition coefficient (Wildman–Crippen LogP) is 0.919. The lowest BCUT2D eigenvalue weighted by Gasteiger charge is -2.44. The molecule has 0 amide bonds. The second-order valence-electron chi connectivity index (χ2n) is 3.39. The van der Waals surface area contributed by atoms with E-state index in [9.17, 15) is 0 Å². The van der Waals surface area contributed by atoms with Crippen LogP contribution >= 0.6 is 0 Å². The van der Waals surface area contributed by atoms with Crippen molar-refractivity contribution >= 4 is 0 Å². The molecule has 0 aromatic rings. The van der Waals surface area contributed by atoms with Crippen molar-refractivity contribution in [3.63, 3.8) is 0 Å². The Morgan fingerprint density at radius 1 is 1.50 bits per heavy atom. The monoisotopic (exact) mass is 173 g/mol. The Hall–Kier alpha value is -0.120. The van der Waals surface area contributed by atoms with Crippen LogP contribution in [-0.4, -0.2) is 32.0 Å². The Balaban J connectivity index is 2.32. The molecule has 0 aliphatic heterocycles. The summed E-state index contributed by atoms with van der Waals surface area (Å²) in [5, 5.41) is 0. The average molecular weight is 173 g/mol. The van der Waals surface area contributed by atoms with Crippen LogP contribution in [-0.2, 0) is 9.47 Å². The number of hydrogen-bond donors (Lipinski definition) is 1. The number of nitrogens with two attached hydrogens (primary N) is 1. The minimum absolute atomic E-state index is 0.0381. The highest BCUT2D eigenvalue weighted by Gasteiger charge is 2.42. The summed E-state index contributed by atoms with van der Waals surface area (Å²) >= 11 is 0. The van der Waals surface area contributed by atoms with Crippen molar-refractivity contribution in [2.75, 3.05) is 20.3 Å². The first-order valence-corrected chi connectivity index (χ1v) is 4.63. The summed E-state index contributed by atoms with van der Waals surface area (Å²) in [4.78, 5) is 0. The predicted molar refractivity (Wildman–Crippen MR) is 48.1 cm³/mol. The van der Waals surface area contributed by atoms with E-state index >= 15 is 0 Å². The van der Waals surface area contributed by atoms with Gasteiger partial charge in [-0.3, -0.25) is 0 Å². The van der Waals surface area contributed by atoms with Crippen LogP contribution in [0, 0.1) is 0 Å². The average Bonchev–Trinajstić information content (AvgIpc) is 2.00. The van der Waals surface area contributed by atoms with Crippen molar-refractivity contribution in [3.05, 3.63) is 0 Å². The Morgan fingerprint density at radius 3 is 2.50 bits per heavy atom. The minimum Gasteiger partial charge on any atom is -0.380 e. The largest absolute Gasteiger partial charge is 0.380 e. The van der Waals surface area contributed by atoms with Gasteiger partial charge in [-0.05, 0) is 26.2 Å². The molecule has 1 atom stereocenters. The Morgan fingerprint density at radius 2 is 2.17 bits per heavy atom. The van der Waals surface area contributed by atoms with Crippen molar-refractivity contribution < 1.29 is 9.47 Å². The molecule has 0 aromatic carbocycles. The molecule has 0 bridgehead atoms. The van der Waals surface area contributed by atoms with E-state index < -0.39 is 0 Å². The maximum Gasteiger partial charge on any atom is 0.0851 e. The van der Waals surface area contributed by atoms with E-state index in [0.717, 1.165) is 19.4 Å². The summed E-state index contributed by atoms with van der Waals surface area (Å²) < 4.78 is 10.7. The third-order valence-corrected chi connectivity index (χ3v) is 2.78. The maximum absolute atomic E-state index is 5.96. The van der Waals surface area contributed by atoms with Crippen LogP contribution in [0.25, 0.3) is 0 Å². The van der Waals surface area contributed by atoms with Gasteiger partial charge in [-0.15, -0.1) is 0 Å². The summed E-state index contributed by atoms with van der Waals surface area (Å²) in [7, 11) is 1.74.